The smallest absolute Gasteiger partial charge is 0.246 e. The molecule has 6 heteroatoms. The summed E-state index contributed by atoms with van der Waals surface area (Å²) in [6.45, 7) is 1.85. The molecule has 0 aliphatic carbocycles. The van der Waals surface area contributed by atoms with Crippen LogP contribution in [0, 0.1) is 12.7 Å². The Morgan fingerprint density at radius 3 is 2.94 bits per heavy atom. The highest BCUT2D eigenvalue weighted by Crippen LogP contribution is 2.10. The number of aromatic nitrogens is 2. The molecule has 0 radical (unpaired) electrons. The van der Waals surface area contributed by atoms with Crippen molar-refractivity contribution >= 4 is 17.4 Å². The standard InChI is InChI=1S/C12H13FN4O/c1-8-6-17(16-12(8)14)7-11(18)15-10-4-2-3-9(13)5-10/h2-6H,7H2,1H3,(H2,14,16)(H,15,18). The summed E-state index contributed by atoms with van der Waals surface area (Å²) in [4.78, 5) is 11.7. The van der Waals surface area contributed by atoms with Crippen LogP contribution < -0.4 is 11.1 Å². The number of nitrogens with two attached hydrogens (primary N) is 1. The summed E-state index contributed by atoms with van der Waals surface area (Å²) >= 11 is 0. The zero-order valence-corrected chi connectivity index (χ0v) is 9.85. The van der Waals surface area contributed by atoms with E-state index in [0.717, 1.165) is 5.56 Å². The van der Waals surface area contributed by atoms with Crippen molar-refractivity contribution in [3.8, 4) is 0 Å². The third-order valence-electron chi connectivity index (χ3n) is 2.40. The SMILES string of the molecule is Cc1cn(CC(=O)Nc2cccc(F)c2)nc1N. The van der Waals surface area contributed by atoms with Crippen LogP contribution in [0.1, 0.15) is 5.56 Å². The Bertz CT molecular complexity index is 560. The Kier molecular flexibility index (Phi) is 3.27. The molecule has 1 heterocycles. The van der Waals surface area contributed by atoms with Gasteiger partial charge in [-0.25, -0.2) is 4.39 Å². The molecule has 0 bridgehead atoms. The van der Waals surface area contributed by atoms with Crippen molar-refractivity contribution in [2.75, 3.05) is 11.1 Å². The molecule has 0 aliphatic rings. The summed E-state index contributed by atoms with van der Waals surface area (Å²) in [5.41, 5.74) is 6.80. The lowest BCUT2D eigenvalue weighted by atomic mass is 10.3. The first-order chi connectivity index (χ1) is 8.54. The van der Waals surface area contributed by atoms with Crippen LogP contribution in [-0.2, 0) is 11.3 Å². The van der Waals surface area contributed by atoms with Crippen LogP contribution >= 0.6 is 0 Å². The number of amides is 1. The van der Waals surface area contributed by atoms with Gasteiger partial charge in [-0.1, -0.05) is 6.07 Å². The molecule has 0 fully saturated rings. The van der Waals surface area contributed by atoms with E-state index < -0.39 is 5.82 Å². The first kappa shape index (κ1) is 12.1. The minimum absolute atomic E-state index is 0.0363. The summed E-state index contributed by atoms with van der Waals surface area (Å²) in [6, 6.07) is 5.71. The summed E-state index contributed by atoms with van der Waals surface area (Å²) in [7, 11) is 0. The highest BCUT2D eigenvalue weighted by Gasteiger charge is 2.07. The molecule has 2 aromatic rings. The number of aryl methyl sites for hydroxylation is 1. The largest absolute Gasteiger partial charge is 0.382 e. The van der Waals surface area contributed by atoms with E-state index in [1.54, 1.807) is 12.3 Å². The van der Waals surface area contributed by atoms with E-state index >= 15 is 0 Å². The predicted octanol–water partition coefficient (Wildman–Crippen LogP) is 1.55. The van der Waals surface area contributed by atoms with Gasteiger partial charge >= 0.3 is 0 Å². The zero-order valence-electron chi connectivity index (χ0n) is 9.85. The fourth-order valence-corrected chi connectivity index (χ4v) is 1.53. The molecule has 1 amide bonds. The summed E-state index contributed by atoms with van der Waals surface area (Å²) in [5, 5.41) is 6.55. The molecular formula is C12H13FN4O. The molecule has 18 heavy (non-hydrogen) atoms. The number of nitrogens with one attached hydrogen (secondary N) is 1. The minimum atomic E-state index is -0.396. The molecule has 0 atom stereocenters. The number of carbonyl (C=O) groups excluding carboxylic acids is 1. The van der Waals surface area contributed by atoms with Gasteiger partial charge in [0.25, 0.3) is 0 Å². The number of benzene rings is 1. The molecule has 1 aromatic heterocycles. The Labute approximate surface area is 103 Å². The molecule has 0 spiro atoms. The maximum absolute atomic E-state index is 12.9. The minimum Gasteiger partial charge on any atom is -0.382 e. The first-order valence-corrected chi connectivity index (χ1v) is 5.39. The van der Waals surface area contributed by atoms with E-state index in [1.165, 1.54) is 22.9 Å². The van der Waals surface area contributed by atoms with Gasteiger partial charge in [-0.15, -0.1) is 0 Å². The van der Waals surface area contributed by atoms with Gasteiger partial charge in [0.1, 0.15) is 18.2 Å². The van der Waals surface area contributed by atoms with Crippen LogP contribution in [0.25, 0.3) is 0 Å². The predicted molar refractivity (Wildman–Crippen MR) is 66.4 cm³/mol. The van der Waals surface area contributed by atoms with E-state index in [1.807, 2.05) is 6.92 Å². The first-order valence-electron chi connectivity index (χ1n) is 5.39. The molecule has 2 rings (SSSR count). The lowest BCUT2D eigenvalue weighted by molar-refractivity contribution is -0.116. The second-order valence-electron chi connectivity index (χ2n) is 3.95. The lowest BCUT2D eigenvalue weighted by Gasteiger charge is -2.05. The molecule has 5 nitrogen and oxygen atoms in total. The second-order valence-corrected chi connectivity index (χ2v) is 3.95. The van der Waals surface area contributed by atoms with E-state index in [-0.39, 0.29) is 12.5 Å². The van der Waals surface area contributed by atoms with Gasteiger partial charge in [0.05, 0.1) is 0 Å². The van der Waals surface area contributed by atoms with Gasteiger partial charge in [-0.3, -0.25) is 9.48 Å². The quantitative estimate of drug-likeness (QED) is 0.865. The van der Waals surface area contributed by atoms with Crippen LogP contribution in [0.5, 0.6) is 0 Å². The molecule has 0 unspecified atom stereocenters. The number of anilines is 2. The normalized spacial score (nSPS) is 10.3. The van der Waals surface area contributed by atoms with Crippen molar-refractivity contribution in [3.63, 3.8) is 0 Å². The molecule has 0 aliphatic heterocycles. The monoisotopic (exact) mass is 248 g/mol. The van der Waals surface area contributed by atoms with Gasteiger partial charge in [0.2, 0.25) is 5.91 Å². The fraction of sp³-hybridized carbons (Fsp3) is 0.167. The summed E-state index contributed by atoms with van der Waals surface area (Å²) in [6.07, 6.45) is 1.68. The molecule has 0 saturated heterocycles. The maximum atomic E-state index is 12.9. The number of hydrogen-bond donors (Lipinski definition) is 2. The Hall–Kier alpha value is -2.37. The molecule has 3 N–H and O–H groups in total. The molecule has 94 valence electrons. The molecular weight excluding hydrogens is 235 g/mol. The summed E-state index contributed by atoms with van der Waals surface area (Å²) < 4.78 is 14.4. The van der Waals surface area contributed by atoms with E-state index in [0.29, 0.717) is 11.5 Å². The van der Waals surface area contributed by atoms with Gasteiger partial charge in [0, 0.05) is 17.4 Å². The zero-order chi connectivity index (χ0) is 13.1. The Morgan fingerprint density at radius 1 is 1.56 bits per heavy atom. The van der Waals surface area contributed by atoms with E-state index in [4.69, 9.17) is 5.73 Å². The van der Waals surface area contributed by atoms with E-state index in [9.17, 15) is 9.18 Å². The van der Waals surface area contributed by atoms with Gasteiger partial charge < -0.3 is 11.1 Å². The number of carbonyl (C=O) groups is 1. The third-order valence-corrected chi connectivity index (χ3v) is 2.40. The summed E-state index contributed by atoms with van der Waals surface area (Å²) in [5.74, 6) is -0.288. The number of nitrogen functional groups attached to an aromatic ring is 1. The average molecular weight is 248 g/mol. The van der Waals surface area contributed by atoms with Crippen molar-refractivity contribution in [3.05, 3.63) is 41.8 Å². The van der Waals surface area contributed by atoms with Crippen molar-refractivity contribution in [1.29, 1.82) is 0 Å². The highest BCUT2D eigenvalue weighted by atomic mass is 19.1. The number of rotatable bonds is 3. The van der Waals surface area contributed by atoms with E-state index in [2.05, 4.69) is 10.4 Å². The number of halogens is 1. The van der Waals surface area contributed by atoms with Gasteiger partial charge in [-0.05, 0) is 25.1 Å². The van der Waals surface area contributed by atoms with Crippen molar-refractivity contribution in [1.82, 2.24) is 9.78 Å². The van der Waals surface area contributed by atoms with Crippen LogP contribution in [0.2, 0.25) is 0 Å². The molecule has 0 saturated carbocycles. The van der Waals surface area contributed by atoms with Crippen LogP contribution in [-0.4, -0.2) is 15.7 Å². The van der Waals surface area contributed by atoms with Gasteiger partial charge in [0.15, 0.2) is 0 Å². The molecule has 1 aromatic carbocycles. The average Bonchev–Trinajstić information content (AvgIpc) is 2.57. The van der Waals surface area contributed by atoms with Crippen LogP contribution in [0.15, 0.2) is 30.5 Å². The number of nitrogens with zero attached hydrogens (tertiary/aromatic N) is 2. The topological polar surface area (TPSA) is 72.9 Å². The van der Waals surface area contributed by atoms with Crippen molar-refractivity contribution in [2.45, 2.75) is 13.5 Å². The number of hydrogen-bond acceptors (Lipinski definition) is 3. The van der Waals surface area contributed by atoms with Crippen molar-refractivity contribution < 1.29 is 9.18 Å². The Balaban J connectivity index is 2.01. The maximum Gasteiger partial charge on any atom is 0.246 e. The van der Waals surface area contributed by atoms with Crippen LogP contribution in [0.3, 0.4) is 0 Å². The van der Waals surface area contributed by atoms with Crippen LogP contribution in [0.4, 0.5) is 15.9 Å². The van der Waals surface area contributed by atoms with Gasteiger partial charge in [-0.2, -0.15) is 5.10 Å². The second kappa shape index (κ2) is 4.87. The highest BCUT2D eigenvalue weighted by molar-refractivity contribution is 5.90. The lowest BCUT2D eigenvalue weighted by Crippen LogP contribution is -2.19. The van der Waals surface area contributed by atoms with Crippen molar-refractivity contribution in [2.24, 2.45) is 0 Å². The fourth-order valence-electron chi connectivity index (χ4n) is 1.53. The Morgan fingerprint density at radius 2 is 2.33 bits per heavy atom. The third kappa shape index (κ3) is 2.85.